The van der Waals surface area contributed by atoms with Crippen LogP contribution in [0.2, 0.25) is 0 Å². The average molecular weight is 315 g/mol. The van der Waals surface area contributed by atoms with Crippen LogP contribution in [0.3, 0.4) is 0 Å². The van der Waals surface area contributed by atoms with Crippen LogP contribution in [-0.2, 0) is 10.0 Å². The number of aromatic carboxylic acids is 1. The smallest absolute Gasteiger partial charge is 0.335 e. The van der Waals surface area contributed by atoms with E-state index < -0.39 is 26.7 Å². The van der Waals surface area contributed by atoms with Crippen LogP contribution in [0, 0.1) is 11.7 Å². The first-order valence-corrected chi connectivity index (χ1v) is 8.33. The predicted octanol–water partition coefficient (Wildman–Crippen LogP) is 2.33. The van der Waals surface area contributed by atoms with Crippen LogP contribution in [0.25, 0.3) is 0 Å². The molecular weight excluding hydrogens is 297 g/mol. The van der Waals surface area contributed by atoms with Gasteiger partial charge in [0, 0.05) is 13.1 Å². The zero-order chi connectivity index (χ0) is 15.6. The fourth-order valence-electron chi connectivity index (χ4n) is 2.56. The molecule has 0 radical (unpaired) electrons. The molecule has 1 atom stereocenters. The van der Waals surface area contributed by atoms with Crippen molar-refractivity contribution in [3.63, 3.8) is 0 Å². The van der Waals surface area contributed by atoms with Gasteiger partial charge in [0.1, 0.15) is 10.7 Å². The first-order chi connectivity index (χ1) is 9.86. The second-order valence-corrected chi connectivity index (χ2v) is 7.14. The van der Waals surface area contributed by atoms with Gasteiger partial charge in [0.05, 0.1) is 5.56 Å². The maximum atomic E-state index is 14.0. The lowest BCUT2D eigenvalue weighted by molar-refractivity contribution is 0.0696. The Labute approximate surface area is 123 Å². The van der Waals surface area contributed by atoms with Gasteiger partial charge in [-0.2, -0.15) is 4.31 Å². The van der Waals surface area contributed by atoms with Crippen LogP contribution >= 0.6 is 0 Å². The lowest BCUT2D eigenvalue weighted by Crippen LogP contribution is -2.40. The molecule has 1 unspecified atom stereocenters. The van der Waals surface area contributed by atoms with Crippen molar-refractivity contribution < 1.29 is 22.7 Å². The van der Waals surface area contributed by atoms with E-state index in [4.69, 9.17) is 5.11 Å². The number of carboxylic acids is 1. The molecule has 7 heteroatoms. The Bertz CT molecular complexity index is 644. The lowest BCUT2D eigenvalue weighted by atomic mass is 9.97. The van der Waals surface area contributed by atoms with Crippen molar-refractivity contribution in [2.24, 2.45) is 5.92 Å². The van der Waals surface area contributed by atoms with Gasteiger partial charge in [-0.3, -0.25) is 0 Å². The Kier molecular flexibility index (Phi) is 4.63. The van der Waals surface area contributed by atoms with Crippen LogP contribution in [-0.4, -0.2) is 36.9 Å². The number of hydrogen-bond acceptors (Lipinski definition) is 3. The molecule has 1 aliphatic heterocycles. The van der Waals surface area contributed by atoms with E-state index in [0.717, 1.165) is 37.5 Å². The lowest BCUT2D eigenvalue weighted by Gasteiger charge is -2.31. The summed E-state index contributed by atoms with van der Waals surface area (Å²) in [5.74, 6) is -2.02. The molecule has 0 amide bonds. The van der Waals surface area contributed by atoms with Crippen LogP contribution in [0.15, 0.2) is 23.1 Å². The summed E-state index contributed by atoms with van der Waals surface area (Å²) in [5.41, 5.74) is -0.267. The Hall–Kier alpha value is -1.47. The molecule has 0 aliphatic carbocycles. The summed E-state index contributed by atoms with van der Waals surface area (Å²) in [6.07, 6.45) is 2.61. The van der Waals surface area contributed by atoms with Crippen LogP contribution in [0.1, 0.15) is 36.5 Å². The van der Waals surface area contributed by atoms with Crippen LogP contribution in [0.4, 0.5) is 4.39 Å². The highest BCUT2D eigenvalue weighted by atomic mass is 32.2. The van der Waals surface area contributed by atoms with Crippen molar-refractivity contribution in [3.8, 4) is 0 Å². The number of carbonyl (C=O) groups is 1. The third kappa shape index (κ3) is 3.24. The minimum absolute atomic E-state index is 0.267. The minimum atomic E-state index is -3.91. The fourth-order valence-corrected chi connectivity index (χ4v) is 4.16. The van der Waals surface area contributed by atoms with E-state index in [0.29, 0.717) is 13.1 Å². The summed E-state index contributed by atoms with van der Waals surface area (Å²) in [5, 5.41) is 8.79. The number of benzene rings is 1. The third-order valence-electron chi connectivity index (χ3n) is 3.86. The highest BCUT2D eigenvalue weighted by Crippen LogP contribution is 2.27. The van der Waals surface area contributed by atoms with E-state index in [1.165, 1.54) is 4.31 Å². The molecule has 21 heavy (non-hydrogen) atoms. The number of carboxylic acid groups (broad SMARTS) is 1. The molecular formula is C14H18FNO4S. The Morgan fingerprint density at radius 3 is 2.76 bits per heavy atom. The molecule has 0 aromatic heterocycles. The van der Waals surface area contributed by atoms with Gasteiger partial charge in [-0.1, -0.05) is 13.3 Å². The summed E-state index contributed by atoms with van der Waals surface area (Å²) >= 11 is 0. The Morgan fingerprint density at radius 2 is 2.19 bits per heavy atom. The monoisotopic (exact) mass is 315 g/mol. The maximum absolute atomic E-state index is 14.0. The normalized spacial score (nSPS) is 20.4. The standard InChI is InChI=1S/C14H18FNO4S/c1-2-10-4-3-7-16(9-10)21(19,20)13-6-5-11(14(17)18)8-12(13)15/h5-6,8,10H,2-4,7,9H2,1H3,(H,17,18). The molecule has 0 saturated carbocycles. The van der Waals surface area contributed by atoms with Gasteiger partial charge in [0.15, 0.2) is 0 Å². The van der Waals surface area contributed by atoms with Crippen LogP contribution < -0.4 is 0 Å². The van der Waals surface area contributed by atoms with E-state index in [1.807, 2.05) is 6.92 Å². The summed E-state index contributed by atoms with van der Waals surface area (Å²) < 4.78 is 40.2. The van der Waals surface area contributed by atoms with Gasteiger partial charge >= 0.3 is 5.97 Å². The van der Waals surface area contributed by atoms with Crippen LogP contribution in [0.5, 0.6) is 0 Å². The van der Waals surface area contributed by atoms with Gasteiger partial charge in [-0.15, -0.1) is 0 Å². The van der Waals surface area contributed by atoms with Crippen molar-refractivity contribution in [3.05, 3.63) is 29.6 Å². The zero-order valence-electron chi connectivity index (χ0n) is 11.8. The number of rotatable bonds is 4. The first kappa shape index (κ1) is 15.9. The summed E-state index contributed by atoms with van der Waals surface area (Å²) in [6, 6.07) is 2.89. The van der Waals surface area contributed by atoms with E-state index in [-0.39, 0.29) is 11.5 Å². The summed E-state index contributed by atoms with van der Waals surface area (Å²) in [6.45, 7) is 2.76. The number of piperidine rings is 1. The van der Waals surface area contributed by atoms with Crippen molar-refractivity contribution in [2.75, 3.05) is 13.1 Å². The second kappa shape index (κ2) is 6.11. The molecule has 1 aliphatic rings. The molecule has 1 aromatic carbocycles. The Balaban J connectivity index is 2.33. The average Bonchev–Trinajstić information content (AvgIpc) is 2.46. The largest absolute Gasteiger partial charge is 0.478 e. The van der Waals surface area contributed by atoms with Crippen molar-refractivity contribution in [1.82, 2.24) is 4.31 Å². The first-order valence-electron chi connectivity index (χ1n) is 6.89. The fraction of sp³-hybridized carbons (Fsp3) is 0.500. The highest BCUT2D eigenvalue weighted by Gasteiger charge is 2.31. The molecule has 1 fully saturated rings. The summed E-state index contributed by atoms with van der Waals surface area (Å²) in [7, 11) is -3.91. The quantitative estimate of drug-likeness (QED) is 0.925. The van der Waals surface area contributed by atoms with E-state index in [9.17, 15) is 17.6 Å². The van der Waals surface area contributed by atoms with E-state index in [2.05, 4.69) is 0 Å². The molecule has 0 bridgehead atoms. The summed E-state index contributed by atoms with van der Waals surface area (Å²) in [4.78, 5) is 10.3. The SMILES string of the molecule is CCC1CCCN(S(=O)(=O)c2ccc(C(=O)O)cc2F)C1. The Morgan fingerprint density at radius 1 is 1.48 bits per heavy atom. The van der Waals surface area contributed by atoms with E-state index >= 15 is 0 Å². The topological polar surface area (TPSA) is 74.7 Å². The number of halogens is 1. The van der Waals surface area contributed by atoms with Crippen molar-refractivity contribution in [1.29, 1.82) is 0 Å². The molecule has 1 aromatic rings. The van der Waals surface area contributed by atoms with E-state index in [1.54, 1.807) is 0 Å². The van der Waals surface area contributed by atoms with Gasteiger partial charge < -0.3 is 5.11 Å². The molecule has 2 rings (SSSR count). The molecule has 1 saturated heterocycles. The second-order valence-electron chi connectivity index (χ2n) is 5.23. The van der Waals surface area contributed by atoms with Gasteiger partial charge in [-0.05, 0) is 37.0 Å². The zero-order valence-corrected chi connectivity index (χ0v) is 12.6. The van der Waals surface area contributed by atoms with Gasteiger partial charge in [0.2, 0.25) is 10.0 Å². The third-order valence-corrected chi connectivity index (χ3v) is 5.75. The number of hydrogen-bond donors (Lipinski definition) is 1. The molecule has 1 N–H and O–H groups in total. The maximum Gasteiger partial charge on any atom is 0.335 e. The van der Waals surface area contributed by atoms with Gasteiger partial charge in [0.25, 0.3) is 0 Å². The molecule has 116 valence electrons. The number of sulfonamides is 1. The molecule has 0 spiro atoms. The van der Waals surface area contributed by atoms with Gasteiger partial charge in [-0.25, -0.2) is 17.6 Å². The highest BCUT2D eigenvalue weighted by molar-refractivity contribution is 7.89. The molecule has 5 nitrogen and oxygen atoms in total. The predicted molar refractivity (Wildman–Crippen MR) is 75.1 cm³/mol. The molecule has 1 heterocycles. The van der Waals surface area contributed by atoms with Crippen molar-refractivity contribution in [2.45, 2.75) is 31.1 Å². The van der Waals surface area contributed by atoms with Crippen molar-refractivity contribution >= 4 is 16.0 Å². The minimum Gasteiger partial charge on any atom is -0.478 e. The number of nitrogens with zero attached hydrogens (tertiary/aromatic N) is 1.